The lowest BCUT2D eigenvalue weighted by Crippen LogP contribution is -2.62. The molecule has 2 nitrogen and oxygen atoms in total. The van der Waals surface area contributed by atoms with Gasteiger partial charge in [0.15, 0.2) is 0 Å². The largest absolute Gasteiger partial charge is 0.309 e. The van der Waals surface area contributed by atoms with Crippen LogP contribution in [-0.4, -0.2) is 29.6 Å². The molecule has 1 fully saturated rings. The van der Waals surface area contributed by atoms with Gasteiger partial charge in [0.2, 0.25) is 0 Å². The van der Waals surface area contributed by atoms with Crippen LogP contribution in [0.3, 0.4) is 0 Å². The fraction of sp³-hybridized carbons (Fsp3) is 0.625. The van der Waals surface area contributed by atoms with Crippen LogP contribution in [0.4, 0.5) is 4.39 Å². The average molecular weight is 299 g/mol. The molecule has 0 radical (unpaired) electrons. The van der Waals surface area contributed by atoms with Gasteiger partial charge in [0, 0.05) is 41.8 Å². The summed E-state index contributed by atoms with van der Waals surface area (Å²) in [6.45, 7) is 9.19. The number of hydrogen-bond donors (Lipinski definition) is 1. The van der Waals surface area contributed by atoms with Gasteiger partial charge in [-0.3, -0.25) is 4.90 Å². The molecule has 1 aliphatic rings. The summed E-state index contributed by atoms with van der Waals surface area (Å²) in [6, 6.07) is 5.43. The molecular formula is C16H24ClFN2. The quantitative estimate of drug-likeness (QED) is 0.909. The van der Waals surface area contributed by atoms with Crippen molar-refractivity contribution in [2.75, 3.05) is 13.1 Å². The summed E-state index contributed by atoms with van der Waals surface area (Å²) in [5.41, 5.74) is 0.849. The zero-order valence-electron chi connectivity index (χ0n) is 12.5. The Hall–Kier alpha value is -0.640. The maximum absolute atomic E-state index is 14.0. The first-order valence-electron chi connectivity index (χ1n) is 7.40. The molecule has 1 aromatic rings. The Morgan fingerprint density at radius 3 is 2.80 bits per heavy atom. The standard InChI is InChI=1S/C16H24ClFN2/c1-4-14-9-19-16(3,5-2)11-20(14)10-12-6-7-13(17)8-15(12)18/h6-8,14,19H,4-5,9-11H2,1-3H3. The van der Waals surface area contributed by atoms with Gasteiger partial charge in [-0.2, -0.15) is 0 Å². The molecule has 112 valence electrons. The minimum Gasteiger partial charge on any atom is -0.309 e. The lowest BCUT2D eigenvalue weighted by molar-refractivity contribution is 0.0745. The third-order valence-electron chi connectivity index (χ3n) is 4.47. The van der Waals surface area contributed by atoms with E-state index in [2.05, 4.69) is 31.0 Å². The molecule has 1 aromatic carbocycles. The van der Waals surface area contributed by atoms with Crippen molar-refractivity contribution in [3.63, 3.8) is 0 Å². The zero-order valence-corrected chi connectivity index (χ0v) is 13.3. The van der Waals surface area contributed by atoms with Crippen LogP contribution in [-0.2, 0) is 6.54 Å². The highest BCUT2D eigenvalue weighted by Gasteiger charge is 2.33. The topological polar surface area (TPSA) is 15.3 Å². The Labute approximate surface area is 126 Å². The Morgan fingerprint density at radius 1 is 1.45 bits per heavy atom. The molecule has 1 N–H and O–H groups in total. The van der Waals surface area contributed by atoms with Crippen molar-refractivity contribution >= 4 is 11.6 Å². The third kappa shape index (κ3) is 3.51. The van der Waals surface area contributed by atoms with Crippen molar-refractivity contribution in [2.24, 2.45) is 0 Å². The maximum Gasteiger partial charge on any atom is 0.129 e. The second-order valence-corrected chi connectivity index (χ2v) is 6.43. The van der Waals surface area contributed by atoms with Crippen molar-refractivity contribution in [1.29, 1.82) is 0 Å². The normalized spacial score (nSPS) is 27.8. The predicted octanol–water partition coefficient (Wildman–Crippen LogP) is 3.83. The summed E-state index contributed by atoms with van der Waals surface area (Å²) in [4.78, 5) is 2.40. The highest BCUT2D eigenvalue weighted by Crippen LogP contribution is 2.24. The summed E-state index contributed by atoms with van der Waals surface area (Å²) in [6.07, 6.45) is 2.14. The number of piperazine rings is 1. The van der Waals surface area contributed by atoms with Crippen LogP contribution in [0.2, 0.25) is 5.02 Å². The monoisotopic (exact) mass is 298 g/mol. The summed E-state index contributed by atoms with van der Waals surface area (Å²) >= 11 is 5.82. The highest BCUT2D eigenvalue weighted by atomic mass is 35.5. The summed E-state index contributed by atoms with van der Waals surface area (Å²) in [7, 11) is 0. The van der Waals surface area contributed by atoms with Gasteiger partial charge in [-0.1, -0.05) is 31.5 Å². The molecule has 1 saturated heterocycles. The van der Waals surface area contributed by atoms with Gasteiger partial charge in [-0.15, -0.1) is 0 Å². The molecule has 0 bridgehead atoms. The zero-order chi connectivity index (χ0) is 14.8. The number of hydrogen-bond acceptors (Lipinski definition) is 2. The van der Waals surface area contributed by atoms with Crippen LogP contribution in [0, 0.1) is 5.82 Å². The Balaban J connectivity index is 2.15. The van der Waals surface area contributed by atoms with Crippen LogP contribution < -0.4 is 5.32 Å². The Bertz CT molecular complexity index is 466. The predicted molar refractivity (Wildman–Crippen MR) is 82.6 cm³/mol. The van der Waals surface area contributed by atoms with Crippen LogP contribution in [0.1, 0.15) is 39.2 Å². The first-order valence-corrected chi connectivity index (χ1v) is 7.78. The summed E-state index contributed by atoms with van der Waals surface area (Å²) in [5, 5.41) is 4.08. The number of nitrogens with zero attached hydrogens (tertiary/aromatic N) is 1. The lowest BCUT2D eigenvalue weighted by Gasteiger charge is -2.46. The van der Waals surface area contributed by atoms with E-state index in [0.717, 1.165) is 31.5 Å². The van der Waals surface area contributed by atoms with E-state index in [1.165, 1.54) is 6.07 Å². The van der Waals surface area contributed by atoms with Gasteiger partial charge in [0.1, 0.15) is 5.82 Å². The molecule has 0 aromatic heterocycles. The van der Waals surface area contributed by atoms with E-state index in [0.29, 0.717) is 17.6 Å². The molecule has 2 atom stereocenters. The second-order valence-electron chi connectivity index (χ2n) is 6.00. The fourth-order valence-electron chi connectivity index (χ4n) is 2.82. The van der Waals surface area contributed by atoms with E-state index in [1.807, 2.05) is 0 Å². The van der Waals surface area contributed by atoms with Crippen molar-refractivity contribution in [3.8, 4) is 0 Å². The van der Waals surface area contributed by atoms with E-state index in [1.54, 1.807) is 12.1 Å². The first kappa shape index (κ1) is 15.7. The molecule has 0 saturated carbocycles. The number of benzene rings is 1. The maximum atomic E-state index is 14.0. The minimum atomic E-state index is -0.205. The van der Waals surface area contributed by atoms with E-state index < -0.39 is 0 Å². The van der Waals surface area contributed by atoms with Crippen molar-refractivity contribution < 1.29 is 4.39 Å². The third-order valence-corrected chi connectivity index (χ3v) is 4.71. The van der Waals surface area contributed by atoms with Crippen LogP contribution in [0.5, 0.6) is 0 Å². The SMILES string of the molecule is CCC1CNC(C)(CC)CN1Cc1ccc(Cl)cc1F. The molecule has 0 amide bonds. The summed E-state index contributed by atoms with van der Waals surface area (Å²) in [5.74, 6) is -0.205. The van der Waals surface area contributed by atoms with Gasteiger partial charge in [-0.05, 0) is 31.9 Å². The fourth-order valence-corrected chi connectivity index (χ4v) is 2.98. The Kier molecular flexibility index (Phi) is 5.05. The lowest BCUT2D eigenvalue weighted by atomic mass is 9.92. The molecular weight excluding hydrogens is 275 g/mol. The first-order chi connectivity index (χ1) is 9.47. The van der Waals surface area contributed by atoms with Gasteiger partial charge in [0.05, 0.1) is 0 Å². The molecule has 4 heteroatoms. The van der Waals surface area contributed by atoms with E-state index in [-0.39, 0.29) is 11.4 Å². The molecule has 20 heavy (non-hydrogen) atoms. The number of halogens is 2. The van der Waals surface area contributed by atoms with Crippen LogP contribution >= 0.6 is 11.6 Å². The van der Waals surface area contributed by atoms with Crippen molar-refractivity contribution in [3.05, 3.63) is 34.6 Å². The second kappa shape index (κ2) is 6.42. The number of nitrogens with one attached hydrogen (secondary N) is 1. The van der Waals surface area contributed by atoms with Crippen LogP contribution in [0.25, 0.3) is 0 Å². The molecule has 1 aliphatic heterocycles. The smallest absolute Gasteiger partial charge is 0.129 e. The summed E-state index contributed by atoms with van der Waals surface area (Å²) < 4.78 is 14.0. The molecule has 0 spiro atoms. The van der Waals surface area contributed by atoms with Gasteiger partial charge >= 0.3 is 0 Å². The number of rotatable bonds is 4. The Morgan fingerprint density at radius 2 is 2.20 bits per heavy atom. The van der Waals surface area contributed by atoms with E-state index in [9.17, 15) is 4.39 Å². The van der Waals surface area contributed by atoms with Crippen LogP contribution in [0.15, 0.2) is 18.2 Å². The minimum absolute atomic E-state index is 0.120. The molecule has 2 rings (SSSR count). The van der Waals surface area contributed by atoms with E-state index in [4.69, 9.17) is 11.6 Å². The van der Waals surface area contributed by atoms with Gasteiger partial charge in [0.25, 0.3) is 0 Å². The van der Waals surface area contributed by atoms with Gasteiger partial charge < -0.3 is 5.32 Å². The molecule has 2 unspecified atom stereocenters. The van der Waals surface area contributed by atoms with E-state index >= 15 is 0 Å². The van der Waals surface area contributed by atoms with Crippen molar-refractivity contribution in [2.45, 2.75) is 51.7 Å². The average Bonchev–Trinajstić information content (AvgIpc) is 2.42. The van der Waals surface area contributed by atoms with Crippen molar-refractivity contribution in [1.82, 2.24) is 10.2 Å². The molecule has 0 aliphatic carbocycles. The highest BCUT2D eigenvalue weighted by molar-refractivity contribution is 6.30. The molecule has 1 heterocycles. The van der Waals surface area contributed by atoms with Gasteiger partial charge in [-0.25, -0.2) is 4.39 Å².